The lowest BCUT2D eigenvalue weighted by molar-refractivity contribution is 0.0468. The van der Waals surface area contributed by atoms with E-state index in [4.69, 9.17) is 4.74 Å². The van der Waals surface area contributed by atoms with Gasteiger partial charge < -0.3 is 9.64 Å². The minimum Gasteiger partial charge on any atom is -0.457 e. The van der Waals surface area contributed by atoms with E-state index in [1.165, 1.54) is 6.07 Å². The average molecular weight is 360 g/mol. The summed E-state index contributed by atoms with van der Waals surface area (Å²) in [6.07, 6.45) is 1.73. The van der Waals surface area contributed by atoms with Crippen molar-refractivity contribution in [3.8, 4) is 0 Å². The number of halogens is 2. The number of esters is 1. The Kier molecular flexibility index (Phi) is 6.44. The highest BCUT2D eigenvalue weighted by atomic mass is 19.1. The standard InChI is InChI=1S/C20H22F2N2O2/c1-5-24(4)12-23-19-9-13(2)17(8-14(19)3)20(25)26-11-15-6-7-16(21)10-18(15)22/h6-10,12H,5,11H2,1-4H3/b23-12+. The average Bonchev–Trinajstić information content (AvgIpc) is 2.60. The van der Waals surface area contributed by atoms with E-state index in [2.05, 4.69) is 4.99 Å². The fourth-order valence-corrected chi connectivity index (χ4v) is 2.26. The Balaban J connectivity index is 2.13. The van der Waals surface area contributed by atoms with E-state index in [0.29, 0.717) is 11.1 Å². The van der Waals surface area contributed by atoms with Crippen molar-refractivity contribution in [2.45, 2.75) is 27.4 Å². The zero-order valence-electron chi connectivity index (χ0n) is 15.3. The molecule has 0 atom stereocenters. The first-order chi connectivity index (χ1) is 12.3. The van der Waals surface area contributed by atoms with Gasteiger partial charge >= 0.3 is 5.97 Å². The lowest BCUT2D eigenvalue weighted by Crippen LogP contribution is -2.14. The van der Waals surface area contributed by atoms with Crippen molar-refractivity contribution >= 4 is 18.0 Å². The summed E-state index contributed by atoms with van der Waals surface area (Å²) in [7, 11) is 1.92. The number of rotatable bonds is 6. The van der Waals surface area contributed by atoms with Gasteiger partial charge in [-0.05, 0) is 56.2 Å². The van der Waals surface area contributed by atoms with Crippen molar-refractivity contribution in [2.24, 2.45) is 4.99 Å². The second kappa shape index (κ2) is 8.56. The number of benzene rings is 2. The van der Waals surface area contributed by atoms with Crippen LogP contribution in [0.1, 0.15) is 34.0 Å². The normalized spacial score (nSPS) is 11.0. The van der Waals surface area contributed by atoms with E-state index in [-0.39, 0.29) is 12.2 Å². The van der Waals surface area contributed by atoms with Crippen molar-refractivity contribution in [3.63, 3.8) is 0 Å². The Morgan fingerprint density at radius 1 is 1.19 bits per heavy atom. The summed E-state index contributed by atoms with van der Waals surface area (Å²) < 4.78 is 31.7. The minimum atomic E-state index is -0.740. The van der Waals surface area contributed by atoms with Crippen LogP contribution >= 0.6 is 0 Å². The summed E-state index contributed by atoms with van der Waals surface area (Å²) in [5.74, 6) is -1.97. The first-order valence-corrected chi connectivity index (χ1v) is 8.28. The Hall–Kier alpha value is -2.76. The molecule has 0 unspecified atom stereocenters. The largest absolute Gasteiger partial charge is 0.457 e. The smallest absolute Gasteiger partial charge is 0.338 e. The number of hydrogen-bond acceptors (Lipinski definition) is 3. The van der Waals surface area contributed by atoms with Gasteiger partial charge in [-0.15, -0.1) is 0 Å². The first kappa shape index (κ1) is 19.6. The number of carbonyl (C=O) groups excluding carboxylic acids is 1. The Labute approximate surface area is 152 Å². The molecule has 0 amide bonds. The molecular formula is C20H22F2N2O2. The van der Waals surface area contributed by atoms with Gasteiger partial charge in [0.1, 0.15) is 18.2 Å². The van der Waals surface area contributed by atoms with Gasteiger partial charge in [0.05, 0.1) is 17.6 Å². The summed E-state index contributed by atoms with van der Waals surface area (Å²) in [5.41, 5.74) is 2.83. The second-order valence-electron chi connectivity index (χ2n) is 6.08. The van der Waals surface area contributed by atoms with Gasteiger partial charge in [-0.25, -0.2) is 18.6 Å². The molecule has 138 valence electrons. The maximum Gasteiger partial charge on any atom is 0.338 e. The molecule has 0 aliphatic carbocycles. The number of aliphatic imine (C=N–C) groups is 1. The fourth-order valence-electron chi connectivity index (χ4n) is 2.26. The van der Waals surface area contributed by atoms with Crippen LogP contribution in [0.2, 0.25) is 0 Å². The van der Waals surface area contributed by atoms with Gasteiger partial charge in [0, 0.05) is 25.2 Å². The van der Waals surface area contributed by atoms with Gasteiger partial charge in [-0.2, -0.15) is 0 Å². The molecule has 0 saturated heterocycles. The monoisotopic (exact) mass is 360 g/mol. The van der Waals surface area contributed by atoms with E-state index in [1.807, 2.05) is 31.9 Å². The van der Waals surface area contributed by atoms with Crippen LogP contribution in [0.4, 0.5) is 14.5 Å². The van der Waals surface area contributed by atoms with Crippen LogP contribution in [-0.2, 0) is 11.3 Å². The third kappa shape index (κ3) is 4.88. The molecule has 0 heterocycles. The molecular weight excluding hydrogens is 338 g/mol. The summed E-state index contributed by atoms with van der Waals surface area (Å²) in [5, 5.41) is 0. The number of carbonyl (C=O) groups is 1. The molecule has 0 radical (unpaired) electrons. The van der Waals surface area contributed by atoms with Crippen molar-refractivity contribution in [1.29, 1.82) is 0 Å². The van der Waals surface area contributed by atoms with Gasteiger partial charge in [0.25, 0.3) is 0 Å². The van der Waals surface area contributed by atoms with Crippen LogP contribution in [0.15, 0.2) is 35.3 Å². The van der Waals surface area contributed by atoms with Gasteiger partial charge in [-0.3, -0.25) is 0 Å². The summed E-state index contributed by atoms with van der Waals surface area (Å²) in [4.78, 5) is 18.7. The summed E-state index contributed by atoms with van der Waals surface area (Å²) in [6, 6.07) is 6.67. The van der Waals surface area contributed by atoms with Crippen LogP contribution in [0.3, 0.4) is 0 Å². The highest BCUT2D eigenvalue weighted by Crippen LogP contribution is 2.24. The number of hydrogen-bond donors (Lipinski definition) is 0. The maximum absolute atomic E-state index is 13.6. The molecule has 0 saturated carbocycles. The van der Waals surface area contributed by atoms with Gasteiger partial charge in [0.2, 0.25) is 0 Å². The highest BCUT2D eigenvalue weighted by molar-refractivity contribution is 5.92. The van der Waals surface area contributed by atoms with Gasteiger partial charge in [0.15, 0.2) is 0 Å². The molecule has 26 heavy (non-hydrogen) atoms. The zero-order valence-corrected chi connectivity index (χ0v) is 15.3. The maximum atomic E-state index is 13.6. The van der Waals surface area contributed by atoms with Crippen LogP contribution in [0, 0.1) is 25.5 Å². The minimum absolute atomic E-state index is 0.123. The van der Waals surface area contributed by atoms with E-state index in [0.717, 1.165) is 29.9 Å². The topological polar surface area (TPSA) is 41.9 Å². The molecule has 0 N–H and O–H groups in total. The van der Waals surface area contributed by atoms with Crippen LogP contribution in [0.5, 0.6) is 0 Å². The summed E-state index contributed by atoms with van der Waals surface area (Å²) >= 11 is 0. The molecule has 0 spiro atoms. The highest BCUT2D eigenvalue weighted by Gasteiger charge is 2.14. The van der Waals surface area contributed by atoms with E-state index in [1.54, 1.807) is 19.3 Å². The Bertz CT molecular complexity index is 835. The molecule has 0 aliphatic rings. The molecule has 0 fully saturated rings. The third-order valence-corrected chi connectivity index (χ3v) is 4.03. The molecule has 2 aromatic rings. The summed E-state index contributed by atoms with van der Waals surface area (Å²) in [6.45, 7) is 6.25. The van der Waals surface area contributed by atoms with Crippen molar-refractivity contribution in [3.05, 3.63) is 64.2 Å². The Morgan fingerprint density at radius 2 is 1.92 bits per heavy atom. The predicted octanol–water partition coefficient (Wildman–Crippen LogP) is 4.55. The van der Waals surface area contributed by atoms with Crippen molar-refractivity contribution < 1.29 is 18.3 Å². The quantitative estimate of drug-likeness (QED) is 0.431. The molecule has 2 rings (SSSR count). The fraction of sp³-hybridized carbons (Fsp3) is 0.300. The second-order valence-corrected chi connectivity index (χ2v) is 6.08. The molecule has 4 nitrogen and oxygen atoms in total. The van der Waals surface area contributed by atoms with E-state index in [9.17, 15) is 13.6 Å². The number of ether oxygens (including phenoxy) is 1. The molecule has 2 aromatic carbocycles. The predicted molar refractivity (Wildman–Crippen MR) is 97.8 cm³/mol. The van der Waals surface area contributed by atoms with Gasteiger partial charge in [-0.1, -0.05) is 0 Å². The SMILES string of the molecule is CCN(C)/C=N/c1cc(C)c(C(=O)OCc2ccc(F)cc2F)cc1C. The van der Waals surface area contributed by atoms with E-state index >= 15 is 0 Å². The lowest BCUT2D eigenvalue weighted by atomic mass is 10.0. The van der Waals surface area contributed by atoms with E-state index < -0.39 is 17.6 Å². The third-order valence-electron chi connectivity index (χ3n) is 4.03. The van der Waals surface area contributed by atoms with Crippen molar-refractivity contribution in [2.75, 3.05) is 13.6 Å². The molecule has 0 bridgehead atoms. The Morgan fingerprint density at radius 3 is 2.58 bits per heavy atom. The van der Waals surface area contributed by atoms with Crippen molar-refractivity contribution in [1.82, 2.24) is 4.90 Å². The zero-order chi connectivity index (χ0) is 19.3. The van der Waals surface area contributed by atoms with Crippen LogP contribution in [0.25, 0.3) is 0 Å². The number of nitrogens with zero attached hydrogens (tertiary/aromatic N) is 2. The lowest BCUT2D eigenvalue weighted by Gasteiger charge is -2.12. The molecule has 6 heteroatoms. The number of aryl methyl sites for hydroxylation is 2. The van der Waals surface area contributed by atoms with Crippen LogP contribution < -0.4 is 0 Å². The first-order valence-electron chi connectivity index (χ1n) is 8.28. The van der Waals surface area contributed by atoms with Crippen LogP contribution in [-0.4, -0.2) is 30.8 Å². The molecule has 0 aliphatic heterocycles. The molecule has 0 aromatic heterocycles.